The van der Waals surface area contributed by atoms with Crippen molar-refractivity contribution in [3.05, 3.63) is 75.7 Å². The van der Waals surface area contributed by atoms with E-state index in [4.69, 9.17) is 21.6 Å². The smallest absolute Gasteiger partial charge is 0.252 e. The van der Waals surface area contributed by atoms with Crippen LogP contribution in [-0.4, -0.2) is 25.1 Å². The highest BCUT2D eigenvalue weighted by Crippen LogP contribution is 2.34. The second kappa shape index (κ2) is 6.28. The number of fused-ring (bicyclic) bond motifs is 2. The Kier molecular flexibility index (Phi) is 3.74. The second-order valence-electron chi connectivity index (χ2n) is 6.59. The van der Waals surface area contributed by atoms with Crippen LogP contribution in [0, 0.1) is 6.92 Å². The Bertz CT molecular complexity index is 1410. The number of hydrogen-bond acceptors (Lipinski definition) is 4. The first kappa shape index (κ1) is 16.6. The molecule has 0 fully saturated rings. The van der Waals surface area contributed by atoms with Crippen molar-refractivity contribution in [1.82, 2.24) is 25.1 Å². The minimum absolute atomic E-state index is 0.170. The van der Waals surface area contributed by atoms with E-state index in [-0.39, 0.29) is 5.56 Å². The standard InChI is InChI=1S/C21H14ClN5O/c1-11-7-16-20(26-21(11)28)25-18(12-5-3-2-4-6-12)19(24-16)13-8-14-10-23-27-17(14)15(22)9-13/h2-10H,1H3,(H,23,27)(H,25,26,28). The average molecular weight is 388 g/mol. The fourth-order valence-electron chi connectivity index (χ4n) is 3.27. The molecule has 0 spiro atoms. The molecule has 0 radical (unpaired) electrons. The maximum absolute atomic E-state index is 12.0. The van der Waals surface area contributed by atoms with Crippen molar-refractivity contribution in [3.8, 4) is 22.5 Å². The van der Waals surface area contributed by atoms with Crippen LogP contribution < -0.4 is 5.56 Å². The SMILES string of the molecule is Cc1cc2nc(-c3cc(Cl)c4[nH]ncc4c3)c(-c3ccccc3)nc2[nH]c1=O. The van der Waals surface area contributed by atoms with Crippen LogP contribution in [0.2, 0.25) is 5.02 Å². The van der Waals surface area contributed by atoms with Gasteiger partial charge in [0.1, 0.15) is 5.52 Å². The highest BCUT2D eigenvalue weighted by atomic mass is 35.5. The zero-order valence-electron chi connectivity index (χ0n) is 14.8. The summed E-state index contributed by atoms with van der Waals surface area (Å²) in [6.07, 6.45) is 1.73. The van der Waals surface area contributed by atoms with Crippen molar-refractivity contribution < 1.29 is 0 Å². The summed E-state index contributed by atoms with van der Waals surface area (Å²) in [6, 6.07) is 15.3. The van der Waals surface area contributed by atoms with Gasteiger partial charge in [-0.25, -0.2) is 9.97 Å². The Morgan fingerprint density at radius 2 is 1.75 bits per heavy atom. The molecule has 0 aliphatic rings. The van der Waals surface area contributed by atoms with Crippen LogP contribution in [0.15, 0.2) is 59.5 Å². The van der Waals surface area contributed by atoms with Crippen LogP contribution in [0.3, 0.4) is 0 Å². The molecule has 0 unspecified atom stereocenters. The summed E-state index contributed by atoms with van der Waals surface area (Å²) in [7, 11) is 0. The van der Waals surface area contributed by atoms with Gasteiger partial charge in [-0.15, -0.1) is 0 Å². The predicted molar refractivity (Wildman–Crippen MR) is 110 cm³/mol. The van der Waals surface area contributed by atoms with Crippen molar-refractivity contribution in [2.75, 3.05) is 0 Å². The van der Waals surface area contributed by atoms with Gasteiger partial charge in [0.2, 0.25) is 0 Å². The maximum Gasteiger partial charge on any atom is 0.252 e. The number of nitrogens with one attached hydrogen (secondary N) is 2. The molecule has 2 N–H and O–H groups in total. The van der Waals surface area contributed by atoms with Crippen LogP contribution >= 0.6 is 11.6 Å². The number of aryl methyl sites for hydroxylation is 1. The molecule has 6 nitrogen and oxygen atoms in total. The monoisotopic (exact) mass is 387 g/mol. The largest absolute Gasteiger partial charge is 0.305 e. The van der Waals surface area contributed by atoms with E-state index in [0.29, 0.717) is 33.1 Å². The molecular formula is C21H14ClN5O. The van der Waals surface area contributed by atoms with Gasteiger partial charge in [-0.1, -0.05) is 41.9 Å². The third kappa shape index (κ3) is 2.66. The Morgan fingerprint density at radius 3 is 2.57 bits per heavy atom. The molecule has 136 valence electrons. The van der Waals surface area contributed by atoms with Crippen molar-refractivity contribution in [3.63, 3.8) is 0 Å². The van der Waals surface area contributed by atoms with Crippen LogP contribution in [0.5, 0.6) is 0 Å². The lowest BCUT2D eigenvalue weighted by molar-refractivity contribution is 1.12. The van der Waals surface area contributed by atoms with E-state index in [9.17, 15) is 4.79 Å². The number of halogens is 1. The van der Waals surface area contributed by atoms with Gasteiger partial charge in [-0.2, -0.15) is 5.10 Å². The average Bonchev–Trinajstić information content (AvgIpc) is 3.18. The fraction of sp³-hybridized carbons (Fsp3) is 0.0476. The zero-order chi connectivity index (χ0) is 19.3. The Labute approximate surface area is 164 Å². The lowest BCUT2D eigenvalue weighted by atomic mass is 10.0. The van der Waals surface area contributed by atoms with Crippen LogP contribution in [0.25, 0.3) is 44.6 Å². The van der Waals surface area contributed by atoms with Crippen molar-refractivity contribution >= 4 is 33.7 Å². The topological polar surface area (TPSA) is 87.3 Å². The molecule has 3 aromatic heterocycles. The minimum atomic E-state index is -0.170. The highest BCUT2D eigenvalue weighted by Gasteiger charge is 2.16. The van der Waals surface area contributed by atoms with E-state index in [1.54, 1.807) is 19.2 Å². The fourth-order valence-corrected chi connectivity index (χ4v) is 3.54. The van der Waals surface area contributed by atoms with E-state index in [2.05, 4.69) is 15.2 Å². The van der Waals surface area contributed by atoms with Crippen molar-refractivity contribution in [2.45, 2.75) is 6.92 Å². The zero-order valence-corrected chi connectivity index (χ0v) is 15.6. The molecule has 28 heavy (non-hydrogen) atoms. The molecule has 0 saturated carbocycles. The molecular weight excluding hydrogens is 374 g/mol. The van der Waals surface area contributed by atoms with Crippen LogP contribution in [0.1, 0.15) is 5.56 Å². The first-order chi connectivity index (χ1) is 13.6. The molecule has 0 aliphatic carbocycles. The summed E-state index contributed by atoms with van der Waals surface area (Å²) in [5.41, 5.74) is 5.36. The molecule has 0 aliphatic heterocycles. The molecule has 0 amide bonds. The van der Waals surface area contributed by atoms with E-state index in [0.717, 1.165) is 22.0 Å². The van der Waals surface area contributed by atoms with Gasteiger partial charge in [0.15, 0.2) is 5.65 Å². The Morgan fingerprint density at radius 1 is 0.964 bits per heavy atom. The van der Waals surface area contributed by atoms with Gasteiger partial charge in [0.05, 0.1) is 28.1 Å². The lowest BCUT2D eigenvalue weighted by Gasteiger charge is -2.11. The molecule has 5 rings (SSSR count). The summed E-state index contributed by atoms with van der Waals surface area (Å²) < 4.78 is 0. The van der Waals surface area contributed by atoms with Crippen LogP contribution in [-0.2, 0) is 0 Å². The van der Waals surface area contributed by atoms with E-state index in [1.807, 2.05) is 42.5 Å². The molecule has 3 heterocycles. The van der Waals surface area contributed by atoms with Gasteiger partial charge >= 0.3 is 0 Å². The number of benzene rings is 2. The molecule has 2 aromatic carbocycles. The first-order valence-corrected chi connectivity index (χ1v) is 9.08. The van der Waals surface area contributed by atoms with Gasteiger partial charge in [0, 0.05) is 22.1 Å². The van der Waals surface area contributed by atoms with Crippen molar-refractivity contribution in [1.29, 1.82) is 0 Å². The number of hydrogen-bond donors (Lipinski definition) is 2. The molecule has 5 aromatic rings. The van der Waals surface area contributed by atoms with E-state index >= 15 is 0 Å². The summed E-state index contributed by atoms with van der Waals surface area (Å²) in [5, 5.41) is 8.41. The Hall–Kier alpha value is -3.51. The second-order valence-corrected chi connectivity index (χ2v) is 7.00. The van der Waals surface area contributed by atoms with Gasteiger partial charge in [0.25, 0.3) is 5.56 Å². The minimum Gasteiger partial charge on any atom is -0.305 e. The third-order valence-electron chi connectivity index (χ3n) is 4.69. The summed E-state index contributed by atoms with van der Waals surface area (Å²) >= 11 is 6.45. The first-order valence-electron chi connectivity index (χ1n) is 8.70. The number of aromatic nitrogens is 5. The van der Waals surface area contributed by atoms with E-state index < -0.39 is 0 Å². The van der Waals surface area contributed by atoms with Gasteiger partial charge in [-0.05, 0) is 25.1 Å². The van der Waals surface area contributed by atoms with E-state index in [1.165, 1.54) is 0 Å². The quantitative estimate of drug-likeness (QED) is 0.467. The predicted octanol–water partition coefficient (Wildman–Crippen LogP) is 4.49. The Balaban J connectivity index is 1.87. The molecule has 0 saturated heterocycles. The molecule has 0 bridgehead atoms. The normalized spacial score (nSPS) is 11.4. The number of nitrogens with zero attached hydrogens (tertiary/aromatic N) is 3. The number of rotatable bonds is 2. The summed E-state index contributed by atoms with van der Waals surface area (Å²) in [6.45, 7) is 1.75. The van der Waals surface area contributed by atoms with Gasteiger partial charge in [-0.3, -0.25) is 9.89 Å². The maximum atomic E-state index is 12.0. The third-order valence-corrected chi connectivity index (χ3v) is 4.99. The molecule has 0 atom stereocenters. The van der Waals surface area contributed by atoms with Gasteiger partial charge < -0.3 is 4.98 Å². The number of aromatic amines is 2. The van der Waals surface area contributed by atoms with Crippen molar-refractivity contribution in [2.24, 2.45) is 0 Å². The summed E-state index contributed by atoms with van der Waals surface area (Å²) in [4.78, 5) is 24.4. The number of H-pyrrole nitrogens is 2. The van der Waals surface area contributed by atoms with Crippen LogP contribution in [0.4, 0.5) is 0 Å². The highest BCUT2D eigenvalue weighted by molar-refractivity contribution is 6.35. The lowest BCUT2D eigenvalue weighted by Crippen LogP contribution is -2.10. The molecule has 7 heteroatoms. The summed E-state index contributed by atoms with van der Waals surface area (Å²) in [5.74, 6) is 0. The number of pyridine rings is 1.